The lowest BCUT2D eigenvalue weighted by Gasteiger charge is -2.36. The fourth-order valence-electron chi connectivity index (χ4n) is 2.83. The lowest BCUT2D eigenvalue weighted by molar-refractivity contribution is -0.141. The summed E-state index contributed by atoms with van der Waals surface area (Å²) in [4.78, 5) is 17.2. The first-order valence-electron chi connectivity index (χ1n) is 7.18. The number of carboxylic acids is 1. The topological polar surface area (TPSA) is 81.1 Å². The Kier molecular flexibility index (Phi) is 5.57. The highest BCUT2D eigenvalue weighted by Crippen LogP contribution is 2.29. The molecule has 1 aromatic rings. The minimum Gasteiger partial charge on any atom is -0.494 e. The maximum absolute atomic E-state index is 11.1. The third-order valence-electron chi connectivity index (χ3n) is 4.02. The van der Waals surface area contributed by atoms with E-state index in [0.717, 1.165) is 31.6 Å². The third kappa shape index (κ3) is 3.48. The van der Waals surface area contributed by atoms with E-state index in [4.69, 9.17) is 19.3 Å². The van der Waals surface area contributed by atoms with Gasteiger partial charge in [0.2, 0.25) is 0 Å². The third-order valence-corrected chi connectivity index (χ3v) is 4.02. The summed E-state index contributed by atoms with van der Waals surface area (Å²) in [7, 11) is 4.75. The van der Waals surface area contributed by atoms with Gasteiger partial charge in [0.1, 0.15) is 0 Å². The summed E-state index contributed by atoms with van der Waals surface area (Å²) in [5, 5.41) is 9.06. The molecule has 1 aliphatic rings. The van der Waals surface area contributed by atoms with Gasteiger partial charge >= 0.3 is 5.97 Å². The minimum atomic E-state index is -1.09. The summed E-state index contributed by atoms with van der Waals surface area (Å²) >= 11 is 0. The number of pyridine rings is 1. The molecular weight excluding hydrogens is 288 g/mol. The van der Waals surface area contributed by atoms with Crippen LogP contribution in [0.1, 0.15) is 23.3 Å². The number of piperidine rings is 1. The molecule has 1 aromatic heterocycles. The van der Waals surface area contributed by atoms with E-state index in [9.17, 15) is 4.79 Å². The van der Waals surface area contributed by atoms with Crippen LogP contribution in [0.15, 0.2) is 12.3 Å². The number of hydrogen-bond acceptors (Lipinski definition) is 6. The molecule has 1 N–H and O–H groups in total. The Morgan fingerprint density at radius 2 is 1.95 bits per heavy atom. The highest BCUT2D eigenvalue weighted by molar-refractivity contribution is 5.89. The van der Waals surface area contributed by atoms with Crippen molar-refractivity contribution in [2.75, 3.05) is 39.3 Å². The van der Waals surface area contributed by atoms with Gasteiger partial charge in [0.15, 0.2) is 17.7 Å². The van der Waals surface area contributed by atoms with Gasteiger partial charge in [-0.2, -0.15) is 0 Å². The van der Waals surface area contributed by atoms with E-state index in [2.05, 4.69) is 9.88 Å². The van der Waals surface area contributed by atoms with Crippen molar-refractivity contribution in [3.05, 3.63) is 18.0 Å². The zero-order valence-electron chi connectivity index (χ0n) is 13.1. The average molecular weight is 310 g/mol. The Labute approximate surface area is 129 Å². The van der Waals surface area contributed by atoms with Gasteiger partial charge in [0.05, 0.1) is 19.0 Å². The first-order chi connectivity index (χ1) is 10.6. The second-order valence-electron chi connectivity index (χ2n) is 5.21. The molecule has 0 bridgehead atoms. The molecule has 0 aliphatic carbocycles. The first kappa shape index (κ1) is 16.5. The normalized spacial score (nSPS) is 16.1. The number of carboxylic acid groups (broad SMARTS) is 1. The Morgan fingerprint density at radius 3 is 2.45 bits per heavy atom. The maximum atomic E-state index is 11.1. The quantitative estimate of drug-likeness (QED) is 0.800. The van der Waals surface area contributed by atoms with Gasteiger partial charge in [-0.25, -0.2) is 9.78 Å². The Bertz CT molecular complexity index is 511. The predicted molar refractivity (Wildman–Crippen MR) is 80.5 cm³/mol. The van der Waals surface area contributed by atoms with Crippen LogP contribution in [0.25, 0.3) is 0 Å². The monoisotopic (exact) mass is 310 g/mol. The van der Waals surface area contributed by atoms with Crippen LogP contribution in [0, 0.1) is 5.92 Å². The minimum absolute atomic E-state index is 0.0695. The highest BCUT2D eigenvalue weighted by atomic mass is 16.7. The van der Waals surface area contributed by atoms with E-state index >= 15 is 0 Å². The second-order valence-corrected chi connectivity index (χ2v) is 5.21. The van der Waals surface area contributed by atoms with Crippen LogP contribution in [-0.4, -0.2) is 56.8 Å². The molecule has 0 aromatic carbocycles. The maximum Gasteiger partial charge on any atom is 0.358 e. The molecule has 22 heavy (non-hydrogen) atoms. The molecule has 1 fully saturated rings. The van der Waals surface area contributed by atoms with Crippen LogP contribution in [0.4, 0.5) is 5.69 Å². The van der Waals surface area contributed by atoms with Crippen molar-refractivity contribution in [1.29, 1.82) is 0 Å². The van der Waals surface area contributed by atoms with Gasteiger partial charge in [-0.05, 0) is 12.8 Å². The molecule has 1 saturated heterocycles. The number of ether oxygens (including phenoxy) is 3. The lowest BCUT2D eigenvalue weighted by Crippen LogP contribution is -2.39. The van der Waals surface area contributed by atoms with Crippen LogP contribution in [0.5, 0.6) is 5.75 Å². The smallest absolute Gasteiger partial charge is 0.358 e. The predicted octanol–water partition coefficient (Wildman–Crippen LogP) is 1.62. The van der Waals surface area contributed by atoms with E-state index in [1.807, 2.05) is 0 Å². The van der Waals surface area contributed by atoms with Crippen molar-refractivity contribution < 1.29 is 24.1 Å². The molecule has 0 atom stereocenters. The van der Waals surface area contributed by atoms with Gasteiger partial charge in [0.25, 0.3) is 0 Å². The van der Waals surface area contributed by atoms with Crippen LogP contribution in [-0.2, 0) is 9.47 Å². The molecule has 0 amide bonds. The van der Waals surface area contributed by atoms with Gasteiger partial charge in [0, 0.05) is 39.3 Å². The average Bonchev–Trinajstić information content (AvgIpc) is 2.56. The van der Waals surface area contributed by atoms with Crippen LogP contribution in [0.2, 0.25) is 0 Å². The van der Waals surface area contributed by atoms with E-state index in [0.29, 0.717) is 5.92 Å². The SMILES string of the molecule is COc1cc(N2CCC(C(OC)OC)CC2)cnc1C(=O)O. The molecule has 7 heteroatoms. The van der Waals surface area contributed by atoms with Crippen molar-refractivity contribution in [2.24, 2.45) is 5.92 Å². The fraction of sp³-hybridized carbons (Fsp3) is 0.600. The number of hydrogen-bond donors (Lipinski definition) is 1. The summed E-state index contributed by atoms with van der Waals surface area (Å²) in [6.45, 7) is 1.68. The van der Waals surface area contributed by atoms with Gasteiger partial charge in [-0.15, -0.1) is 0 Å². The van der Waals surface area contributed by atoms with Crippen LogP contribution in [0.3, 0.4) is 0 Å². The molecule has 0 unspecified atom stereocenters. The molecule has 7 nitrogen and oxygen atoms in total. The second kappa shape index (κ2) is 7.42. The van der Waals surface area contributed by atoms with Gasteiger partial charge < -0.3 is 24.2 Å². The molecule has 2 heterocycles. The van der Waals surface area contributed by atoms with Gasteiger partial charge in [-0.1, -0.05) is 0 Å². The lowest BCUT2D eigenvalue weighted by atomic mass is 9.96. The molecule has 122 valence electrons. The molecule has 0 spiro atoms. The molecule has 1 aliphatic heterocycles. The largest absolute Gasteiger partial charge is 0.494 e. The summed E-state index contributed by atoms with van der Waals surface area (Å²) in [5.74, 6) is -0.455. The van der Waals surface area contributed by atoms with Gasteiger partial charge in [-0.3, -0.25) is 0 Å². The number of rotatable bonds is 6. The highest BCUT2D eigenvalue weighted by Gasteiger charge is 2.27. The number of anilines is 1. The Morgan fingerprint density at radius 1 is 1.32 bits per heavy atom. The van der Waals surface area contributed by atoms with Crippen molar-refractivity contribution in [3.63, 3.8) is 0 Å². The number of methoxy groups -OCH3 is 3. The van der Waals surface area contributed by atoms with Crippen LogP contribution >= 0.6 is 0 Å². The van der Waals surface area contributed by atoms with E-state index in [1.54, 1.807) is 26.5 Å². The fourth-order valence-corrected chi connectivity index (χ4v) is 2.83. The number of aromatic carboxylic acids is 1. The summed E-state index contributed by atoms with van der Waals surface area (Å²) in [6, 6.07) is 1.72. The summed E-state index contributed by atoms with van der Waals surface area (Å²) in [6.07, 6.45) is 3.28. The molecular formula is C15H22N2O5. The van der Waals surface area contributed by atoms with Crippen molar-refractivity contribution in [1.82, 2.24) is 4.98 Å². The zero-order chi connectivity index (χ0) is 16.1. The standard InChI is InChI=1S/C15H22N2O5/c1-20-12-8-11(9-16-13(12)14(18)19)17-6-4-10(5-7-17)15(21-2)22-3/h8-10,15H,4-7H2,1-3H3,(H,18,19). The van der Waals surface area contributed by atoms with Crippen LogP contribution < -0.4 is 9.64 Å². The van der Waals surface area contributed by atoms with Crippen molar-refractivity contribution in [3.8, 4) is 5.75 Å². The van der Waals surface area contributed by atoms with E-state index in [1.165, 1.54) is 7.11 Å². The first-order valence-corrected chi connectivity index (χ1v) is 7.18. The van der Waals surface area contributed by atoms with E-state index < -0.39 is 5.97 Å². The molecule has 0 saturated carbocycles. The van der Waals surface area contributed by atoms with E-state index in [-0.39, 0.29) is 17.7 Å². The number of aromatic nitrogens is 1. The number of nitrogens with zero attached hydrogens (tertiary/aromatic N) is 2. The number of carbonyl (C=O) groups is 1. The summed E-state index contributed by atoms with van der Waals surface area (Å²) < 4.78 is 15.8. The Balaban J connectivity index is 2.07. The Hall–Kier alpha value is -1.86. The van der Waals surface area contributed by atoms with Crippen molar-refractivity contribution in [2.45, 2.75) is 19.1 Å². The van der Waals surface area contributed by atoms with Crippen molar-refractivity contribution >= 4 is 11.7 Å². The summed E-state index contributed by atoms with van der Waals surface area (Å²) in [5.41, 5.74) is 0.798. The molecule has 0 radical (unpaired) electrons. The molecule has 2 rings (SSSR count). The zero-order valence-corrected chi connectivity index (χ0v) is 13.1.